The van der Waals surface area contributed by atoms with Crippen LogP contribution in [0.2, 0.25) is 0 Å². The van der Waals surface area contributed by atoms with E-state index in [2.05, 4.69) is 22.9 Å². The van der Waals surface area contributed by atoms with Crippen molar-refractivity contribution in [2.75, 3.05) is 5.33 Å². The zero-order valence-corrected chi connectivity index (χ0v) is 13.1. The van der Waals surface area contributed by atoms with Crippen molar-refractivity contribution in [3.63, 3.8) is 0 Å². The first-order valence-corrected chi connectivity index (χ1v) is 7.58. The highest BCUT2D eigenvalue weighted by Crippen LogP contribution is 2.44. The maximum Gasteiger partial charge on any atom is 0.127 e. The summed E-state index contributed by atoms with van der Waals surface area (Å²) < 4.78 is 6.27. The molecule has 1 aromatic rings. The topological polar surface area (TPSA) is 29.5 Å². The summed E-state index contributed by atoms with van der Waals surface area (Å²) in [7, 11) is 0. The predicted molar refractivity (Wildman–Crippen MR) is 78.1 cm³/mol. The number of ether oxygens (including phenoxy) is 1. The number of fused-ring (bicyclic) bond motifs is 1. The predicted octanol–water partition coefficient (Wildman–Crippen LogP) is 4.19. The third kappa shape index (κ3) is 2.13. The van der Waals surface area contributed by atoms with E-state index in [1.807, 2.05) is 20.8 Å². The monoisotopic (exact) mass is 312 g/mol. The van der Waals surface area contributed by atoms with Crippen LogP contribution in [0.3, 0.4) is 0 Å². The SMILES string of the molecule is Cc1c(C)c2c(c(C)c1O)CC[C@@](C)(CCBr)O2. The highest BCUT2D eigenvalue weighted by Gasteiger charge is 2.33. The van der Waals surface area contributed by atoms with E-state index in [9.17, 15) is 5.11 Å². The molecule has 0 radical (unpaired) electrons. The molecule has 1 aromatic carbocycles. The second kappa shape index (κ2) is 4.76. The Morgan fingerprint density at radius 1 is 1.22 bits per heavy atom. The highest BCUT2D eigenvalue weighted by atomic mass is 79.9. The molecule has 18 heavy (non-hydrogen) atoms. The van der Waals surface area contributed by atoms with Gasteiger partial charge in [0.2, 0.25) is 0 Å². The van der Waals surface area contributed by atoms with Crippen LogP contribution in [-0.4, -0.2) is 16.0 Å². The second-order valence-corrected chi connectivity index (χ2v) is 6.32. The minimum Gasteiger partial charge on any atom is -0.507 e. The molecule has 100 valence electrons. The lowest BCUT2D eigenvalue weighted by molar-refractivity contribution is 0.0613. The van der Waals surface area contributed by atoms with Crippen LogP contribution in [0.25, 0.3) is 0 Å². The summed E-state index contributed by atoms with van der Waals surface area (Å²) >= 11 is 3.50. The average Bonchev–Trinajstić information content (AvgIpc) is 2.34. The van der Waals surface area contributed by atoms with E-state index in [0.717, 1.165) is 47.0 Å². The molecule has 3 heteroatoms. The van der Waals surface area contributed by atoms with Crippen molar-refractivity contribution < 1.29 is 9.84 Å². The minimum atomic E-state index is -0.0862. The van der Waals surface area contributed by atoms with Gasteiger partial charge >= 0.3 is 0 Å². The van der Waals surface area contributed by atoms with Crippen LogP contribution >= 0.6 is 15.9 Å². The van der Waals surface area contributed by atoms with Gasteiger partial charge in [0, 0.05) is 10.9 Å². The Kier molecular flexibility index (Phi) is 3.63. The number of phenols is 1. The summed E-state index contributed by atoms with van der Waals surface area (Å²) in [5.74, 6) is 1.43. The first-order valence-electron chi connectivity index (χ1n) is 6.46. The van der Waals surface area contributed by atoms with Crippen molar-refractivity contribution in [2.45, 2.75) is 52.6 Å². The smallest absolute Gasteiger partial charge is 0.127 e. The number of halogens is 1. The number of phenolic OH excluding ortho intramolecular Hbond substituents is 1. The summed E-state index contributed by atoms with van der Waals surface area (Å²) in [5, 5.41) is 11.1. The Hall–Kier alpha value is -0.700. The lowest BCUT2D eigenvalue weighted by Gasteiger charge is -2.37. The van der Waals surface area contributed by atoms with E-state index in [1.54, 1.807) is 0 Å². The van der Waals surface area contributed by atoms with Crippen LogP contribution in [0, 0.1) is 20.8 Å². The standard InChI is InChI=1S/C15H21BrO2/c1-9-10(2)14-12(11(3)13(9)17)5-6-15(4,18-14)7-8-16/h17H,5-8H2,1-4H3/t15-/m0/s1. The molecule has 0 fully saturated rings. The van der Waals surface area contributed by atoms with Crippen LogP contribution in [0.5, 0.6) is 11.5 Å². The summed E-state index contributed by atoms with van der Waals surface area (Å²) in [6.45, 7) is 8.15. The molecular formula is C15H21BrO2. The molecule has 0 bridgehead atoms. The molecular weight excluding hydrogens is 292 g/mol. The average molecular weight is 313 g/mol. The third-order valence-electron chi connectivity index (χ3n) is 4.22. The largest absolute Gasteiger partial charge is 0.507 e. The minimum absolute atomic E-state index is 0.0862. The fraction of sp³-hybridized carbons (Fsp3) is 0.600. The fourth-order valence-corrected chi connectivity index (χ4v) is 3.51. The van der Waals surface area contributed by atoms with Crippen LogP contribution in [0.1, 0.15) is 42.0 Å². The van der Waals surface area contributed by atoms with E-state index in [4.69, 9.17) is 4.74 Å². The molecule has 0 aromatic heterocycles. The summed E-state index contributed by atoms with van der Waals surface area (Å²) in [6, 6.07) is 0. The normalized spacial score (nSPS) is 22.5. The number of hydrogen-bond acceptors (Lipinski definition) is 2. The van der Waals surface area contributed by atoms with Gasteiger partial charge in [-0.1, -0.05) is 15.9 Å². The Labute approximate surface area is 117 Å². The van der Waals surface area contributed by atoms with E-state index in [-0.39, 0.29) is 5.60 Å². The molecule has 0 amide bonds. The summed E-state index contributed by atoms with van der Waals surface area (Å²) in [5.41, 5.74) is 4.09. The van der Waals surface area contributed by atoms with Crippen molar-refractivity contribution >= 4 is 15.9 Å². The van der Waals surface area contributed by atoms with Gasteiger partial charge in [0.1, 0.15) is 17.1 Å². The first-order chi connectivity index (χ1) is 8.39. The maximum absolute atomic E-state index is 10.1. The summed E-state index contributed by atoms with van der Waals surface area (Å²) in [6.07, 6.45) is 3.00. The van der Waals surface area contributed by atoms with E-state index in [0.29, 0.717) is 5.75 Å². The van der Waals surface area contributed by atoms with E-state index < -0.39 is 0 Å². The Morgan fingerprint density at radius 2 is 1.89 bits per heavy atom. The molecule has 1 heterocycles. The van der Waals surface area contributed by atoms with Gasteiger partial charge in [0.25, 0.3) is 0 Å². The lowest BCUT2D eigenvalue weighted by atomic mass is 9.86. The van der Waals surface area contributed by atoms with Crippen molar-refractivity contribution in [2.24, 2.45) is 0 Å². The zero-order valence-electron chi connectivity index (χ0n) is 11.6. The first kappa shape index (κ1) is 13.7. The van der Waals surface area contributed by atoms with E-state index in [1.165, 1.54) is 5.56 Å². The molecule has 1 atom stereocenters. The number of hydrogen-bond donors (Lipinski definition) is 1. The van der Waals surface area contributed by atoms with Crippen molar-refractivity contribution in [1.29, 1.82) is 0 Å². The van der Waals surface area contributed by atoms with Gasteiger partial charge in [-0.25, -0.2) is 0 Å². The molecule has 2 rings (SSSR count). The quantitative estimate of drug-likeness (QED) is 0.830. The Balaban J connectivity index is 2.50. The fourth-order valence-electron chi connectivity index (χ4n) is 2.67. The molecule has 0 spiro atoms. The van der Waals surface area contributed by atoms with Crippen molar-refractivity contribution in [3.8, 4) is 11.5 Å². The molecule has 0 saturated heterocycles. The second-order valence-electron chi connectivity index (χ2n) is 5.52. The molecule has 1 aliphatic heterocycles. The van der Waals surface area contributed by atoms with Gasteiger partial charge in [-0.3, -0.25) is 0 Å². The number of benzene rings is 1. The van der Waals surface area contributed by atoms with Crippen molar-refractivity contribution in [3.05, 3.63) is 22.3 Å². The van der Waals surface area contributed by atoms with Gasteiger partial charge in [0.15, 0.2) is 0 Å². The van der Waals surface area contributed by atoms with Crippen molar-refractivity contribution in [1.82, 2.24) is 0 Å². The van der Waals surface area contributed by atoms with E-state index >= 15 is 0 Å². The van der Waals surface area contributed by atoms with Crippen LogP contribution in [0.15, 0.2) is 0 Å². The molecule has 0 unspecified atom stereocenters. The Morgan fingerprint density at radius 3 is 2.50 bits per heavy atom. The van der Waals surface area contributed by atoms with Crippen LogP contribution in [0.4, 0.5) is 0 Å². The third-order valence-corrected chi connectivity index (χ3v) is 4.61. The molecule has 0 saturated carbocycles. The zero-order chi connectivity index (χ0) is 13.5. The highest BCUT2D eigenvalue weighted by molar-refractivity contribution is 9.09. The van der Waals surface area contributed by atoms with Gasteiger partial charge in [0.05, 0.1) is 0 Å². The van der Waals surface area contributed by atoms with Gasteiger partial charge < -0.3 is 9.84 Å². The number of aromatic hydroxyl groups is 1. The maximum atomic E-state index is 10.1. The lowest BCUT2D eigenvalue weighted by Crippen LogP contribution is -2.37. The molecule has 1 aliphatic rings. The van der Waals surface area contributed by atoms with Crippen LogP contribution in [-0.2, 0) is 6.42 Å². The number of alkyl halides is 1. The molecule has 0 aliphatic carbocycles. The van der Waals surface area contributed by atoms with Gasteiger partial charge in [-0.2, -0.15) is 0 Å². The van der Waals surface area contributed by atoms with Gasteiger partial charge in [-0.15, -0.1) is 0 Å². The molecule has 2 nitrogen and oxygen atoms in total. The molecule has 1 N–H and O–H groups in total. The Bertz CT molecular complexity index is 482. The number of rotatable bonds is 2. The summed E-state index contributed by atoms with van der Waals surface area (Å²) in [4.78, 5) is 0. The van der Waals surface area contributed by atoms with Gasteiger partial charge in [-0.05, 0) is 63.6 Å². The van der Waals surface area contributed by atoms with Crippen LogP contribution < -0.4 is 4.74 Å².